The molecule has 0 saturated carbocycles. The highest BCUT2D eigenvalue weighted by Gasteiger charge is 2.20. The molecule has 5 heteroatoms. The van der Waals surface area contributed by atoms with Gasteiger partial charge in [0.05, 0.1) is 6.54 Å². The van der Waals surface area contributed by atoms with Crippen molar-refractivity contribution >= 4 is 5.91 Å². The zero-order chi connectivity index (χ0) is 17.7. The topological polar surface area (TPSA) is 38.1 Å². The molecule has 0 saturated heterocycles. The SMILES string of the molecule is CC(C)CN(Cc1nccn1Cc1cccc(F)c1)C(=O)C(C)C. The van der Waals surface area contributed by atoms with Crippen molar-refractivity contribution < 1.29 is 9.18 Å². The van der Waals surface area contributed by atoms with Crippen LogP contribution in [0, 0.1) is 17.7 Å². The van der Waals surface area contributed by atoms with Gasteiger partial charge in [-0.05, 0) is 23.6 Å². The summed E-state index contributed by atoms with van der Waals surface area (Å²) in [5.41, 5.74) is 0.875. The molecule has 0 fully saturated rings. The Bertz CT molecular complexity index is 679. The van der Waals surface area contributed by atoms with E-state index < -0.39 is 0 Å². The summed E-state index contributed by atoms with van der Waals surface area (Å²) in [6.07, 6.45) is 3.59. The first-order chi connectivity index (χ1) is 11.4. The van der Waals surface area contributed by atoms with Crippen molar-refractivity contribution in [3.63, 3.8) is 0 Å². The van der Waals surface area contributed by atoms with Gasteiger partial charge in [-0.3, -0.25) is 4.79 Å². The van der Waals surface area contributed by atoms with Crippen LogP contribution in [0.25, 0.3) is 0 Å². The van der Waals surface area contributed by atoms with Crippen molar-refractivity contribution in [1.29, 1.82) is 0 Å². The molecule has 1 aromatic heterocycles. The van der Waals surface area contributed by atoms with Crippen LogP contribution >= 0.6 is 0 Å². The van der Waals surface area contributed by atoms with E-state index in [4.69, 9.17) is 0 Å². The molecule has 0 bridgehead atoms. The van der Waals surface area contributed by atoms with Gasteiger partial charge in [-0.1, -0.05) is 39.8 Å². The summed E-state index contributed by atoms with van der Waals surface area (Å²) in [6, 6.07) is 6.55. The van der Waals surface area contributed by atoms with E-state index in [0.717, 1.165) is 11.4 Å². The standard InChI is InChI=1S/C19H26FN3O/c1-14(2)11-23(19(24)15(3)4)13-18-21-8-9-22(18)12-16-6-5-7-17(20)10-16/h5-10,14-15H,11-13H2,1-4H3. The second-order valence-electron chi connectivity index (χ2n) is 6.87. The largest absolute Gasteiger partial charge is 0.335 e. The first kappa shape index (κ1) is 18.2. The molecule has 0 aliphatic rings. The van der Waals surface area contributed by atoms with Gasteiger partial charge >= 0.3 is 0 Å². The summed E-state index contributed by atoms with van der Waals surface area (Å²) >= 11 is 0. The molecule has 0 radical (unpaired) electrons. The third-order valence-electron chi connectivity index (χ3n) is 3.77. The summed E-state index contributed by atoms with van der Waals surface area (Å²) in [7, 11) is 0. The van der Waals surface area contributed by atoms with Crippen molar-refractivity contribution in [3.8, 4) is 0 Å². The lowest BCUT2D eigenvalue weighted by Gasteiger charge is -2.26. The highest BCUT2D eigenvalue weighted by atomic mass is 19.1. The lowest BCUT2D eigenvalue weighted by molar-refractivity contribution is -0.135. The molecule has 0 aliphatic heterocycles. The fraction of sp³-hybridized carbons (Fsp3) is 0.474. The smallest absolute Gasteiger partial charge is 0.225 e. The van der Waals surface area contributed by atoms with E-state index in [1.54, 1.807) is 12.3 Å². The number of carbonyl (C=O) groups is 1. The Balaban J connectivity index is 2.16. The number of amides is 1. The molecule has 0 N–H and O–H groups in total. The van der Waals surface area contributed by atoms with E-state index in [2.05, 4.69) is 18.8 Å². The maximum absolute atomic E-state index is 13.4. The molecule has 1 heterocycles. The van der Waals surface area contributed by atoms with Gasteiger partial charge in [-0.25, -0.2) is 9.37 Å². The van der Waals surface area contributed by atoms with E-state index in [-0.39, 0.29) is 17.6 Å². The van der Waals surface area contributed by atoms with Crippen LogP contribution in [-0.2, 0) is 17.9 Å². The summed E-state index contributed by atoms with van der Waals surface area (Å²) < 4.78 is 15.3. The summed E-state index contributed by atoms with van der Waals surface area (Å²) in [6.45, 7) is 9.73. The molecule has 1 amide bonds. The number of aromatic nitrogens is 2. The Kier molecular flexibility index (Phi) is 6.12. The summed E-state index contributed by atoms with van der Waals surface area (Å²) in [5, 5.41) is 0. The number of halogens is 1. The number of carbonyl (C=O) groups excluding carboxylic acids is 1. The normalized spacial score (nSPS) is 11.3. The number of imidazole rings is 1. The average Bonchev–Trinajstić information content (AvgIpc) is 2.92. The summed E-state index contributed by atoms with van der Waals surface area (Å²) in [5.74, 6) is 1.04. The van der Waals surface area contributed by atoms with Crippen molar-refractivity contribution in [1.82, 2.24) is 14.5 Å². The van der Waals surface area contributed by atoms with Crippen LogP contribution in [0.5, 0.6) is 0 Å². The van der Waals surface area contributed by atoms with E-state index >= 15 is 0 Å². The first-order valence-corrected chi connectivity index (χ1v) is 8.40. The van der Waals surface area contributed by atoms with Crippen LogP contribution in [0.3, 0.4) is 0 Å². The molecule has 24 heavy (non-hydrogen) atoms. The van der Waals surface area contributed by atoms with Crippen molar-refractivity contribution in [3.05, 3.63) is 53.9 Å². The van der Waals surface area contributed by atoms with Gasteiger partial charge in [0, 0.05) is 31.4 Å². The molecule has 0 atom stereocenters. The van der Waals surface area contributed by atoms with Crippen LogP contribution in [0.4, 0.5) is 4.39 Å². The molecule has 0 unspecified atom stereocenters. The molecule has 1 aromatic carbocycles. The molecular weight excluding hydrogens is 305 g/mol. The highest BCUT2D eigenvalue weighted by molar-refractivity contribution is 5.78. The molecule has 4 nitrogen and oxygen atoms in total. The minimum Gasteiger partial charge on any atom is -0.335 e. The number of nitrogens with zero attached hydrogens (tertiary/aromatic N) is 3. The minimum atomic E-state index is -0.245. The third kappa shape index (κ3) is 4.91. The fourth-order valence-corrected chi connectivity index (χ4v) is 2.68. The molecule has 0 aliphatic carbocycles. The number of benzene rings is 1. The van der Waals surface area contributed by atoms with Gasteiger partial charge in [0.2, 0.25) is 5.91 Å². The monoisotopic (exact) mass is 331 g/mol. The Hall–Kier alpha value is -2.17. The molecular formula is C19H26FN3O. The molecule has 130 valence electrons. The van der Waals surface area contributed by atoms with Crippen molar-refractivity contribution in [2.24, 2.45) is 11.8 Å². The van der Waals surface area contributed by atoms with E-state index in [0.29, 0.717) is 25.6 Å². The van der Waals surface area contributed by atoms with Gasteiger partial charge in [-0.15, -0.1) is 0 Å². The lowest BCUT2D eigenvalue weighted by atomic mass is 10.1. The quantitative estimate of drug-likeness (QED) is 0.776. The molecule has 2 rings (SSSR count). The Labute approximate surface area is 143 Å². The van der Waals surface area contributed by atoms with Crippen LogP contribution in [0.1, 0.15) is 39.1 Å². The predicted octanol–water partition coefficient (Wildman–Crippen LogP) is 3.71. The number of rotatable bonds is 7. The van der Waals surface area contributed by atoms with Crippen LogP contribution < -0.4 is 0 Å². The van der Waals surface area contributed by atoms with Gasteiger partial charge in [-0.2, -0.15) is 0 Å². The van der Waals surface area contributed by atoms with Crippen LogP contribution in [-0.4, -0.2) is 26.9 Å². The molecule has 0 spiro atoms. The zero-order valence-electron chi connectivity index (χ0n) is 14.9. The Morgan fingerprint density at radius 3 is 2.67 bits per heavy atom. The van der Waals surface area contributed by atoms with E-state index in [1.807, 2.05) is 35.6 Å². The zero-order valence-corrected chi connectivity index (χ0v) is 14.9. The van der Waals surface area contributed by atoms with Gasteiger partial charge < -0.3 is 9.47 Å². The Morgan fingerprint density at radius 2 is 2.04 bits per heavy atom. The van der Waals surface area contributed by atoms with Crippen molar-refractivity contribution in [2.75, 3.05) is 6.54 Å². The predicted molar refractivity (Wildman–Crippen MR) is 92.8 cm³/mol. The number of hydrogen-bond acceptors (Lipinski definition) is 2. The molecule has 2 aromatic rings. The van der Waals surface area contributed by atoms with Gasteiger partial charge in [0.15, 0.2) is 0 Å². The Morgan fingerprint density at radius 1 is 1.29 bits per heavy atom. The van der Waals surface area contributed by atoms with Crippen molar-refractivity contribution in [2.45, 2.75) is 40.8 Å². The maximum Gasteiger partial charge on any atom is 0.225 e. The second-order valence-corrected chi connectivity index (χ2v) is 6.87. The van der Waals surface area contributed by atoms with Crippen LogP contribution in [0.2, 0.25) is 0 Å². The van der Waals surface area contributed by atoms with Gasteiger partial charge in [0.25, 0.3) is 0 Å². The fourth-order valence-electron chi connectivity index (χ4n) is 2.68. The van der Waals surface area contributed by atoms with Gasteiger partial charge in [0.1, 0.15) is 11.6 Å². The first-order valence-electron chi connectivity index (χ1n) is 8.40. The number of hydrogen-bond donors (Lipinski definition) is 0. The highest BCUT2D eigenvalue weighted by Crippen LogP contribution is 2.13. The minimum absolute atomic E-state index is 0.0459. The third-order valence-corrected chi connectivity index (χ3v) is 3.77. The summed E-state index contributed by atoms with van der Waals surface area (Å²) in [4.78, 5) is 18.7. The lowest BCUT2D eigenvalue weighted by Crippen LogP contribution is -2.37. The van der Waals surface area contributed by atoms with E-state index in [1.165, 1.54) is 12.1 Å². The average molecular weight is 331 g/mol. The maximum atomic E-state index is 13.4. The van der Waals surface area contributed by atoms with Crippen LogP contribution in [0.15, 0.2) is 36.7 Å². The van der Waals surface area contributed by atoms with E-state index in [9.17, 15) is 9.18 Å². The second kappa shape index (κ2) is 8.08.